The van der Waals surface area contributed by atoms with Crippen LogP contribution in [0.25, 0.3) is 17.0 Å². The van der Waals surface area contributed by atoms with Crippen molar-refractivity contribution in [1.29, 1.82) is 0 Å². The summed E-state index contributed by atoms with van der Waals surface area (Å²) in [5, 5.41) is 11.3. The van der Waals surface area contributed by atoms with E-state index in [9.17, 15) is 4.79 Å². The number of allylic oxidation sites excluding steroid dienone is 2. The Balaban J connectivity index is 1.52. The zero-order chi connectivity index (χ0) is 22.3. The highest BCUT2D eigenvalue weighted by Crippen LogP contribution is 2.32. The highest BCUT2D eigenvalue weighted by molar-refractivity contribution is 6.03. The molecule has 1 N–H and O–H groups in total. The first kappa shape index (κ1) is 21.4. The standard InChI is InChI=1S/C25H26N6O/c1-3-11-26-15-19(4-2)20-10-12-27-23(14-20)25(32)29-22-7-5-6-21(13-22)24-30-28-17-31(24)16-18-8-9-18/h3,5-7,10-15,17-18H,1,4,8-9,16H2,2H3,(H,29,32)/b19-15+,26-11?. The van der Waals surface area contributed by atoms with Gasteiger partial charge in [0.15, 0.2) is 5.82 Å². The first-order valence-electron chi connectivity index (χ1n) is 10.8. The molecule has 7 nitrogen and oxygen atoms in total. The van der Waals surface area contributed by atoms with Crippen molar-refractivity contribution in [2.45, 2.75) is 32.7 Å². The van der Waals surface area contributed by atoms with Gasteiger partial charge in [-0.3, -0.25) is 14.8 Å². The molecular weight excluding hydrogens is 400 g/mol. The van der Waals surface area contributed by atoms with Crippen molar-refractivity contribution in [2.75, 3.05) is 5.32 Å². The molecule has 1 aromatic carbocycles. The van der Waals surface area contributed by atoms with Crippen LogP contribution in [0.15, 0.2) is 72.8 Å². The van der Waals surface area contributed by atoms with Gasteiger partial charge in [0.25, 0.3) is 5.91 Å². The molecule has 0 atom stereocenters. The topological polar surface area (TPSA) is 85.1 Å². The predicted molar refractivity (Wildman–Crippen MR) is 127 cm³/mol. The zero-order valence-corrected chi connectivity index (χ0v) is 18.1. The van der Waals surface area contributed by atoms with Crippen LogP contribution in [0.5, 0.6) is 0 Å². The SMILES string of the molecule is C=CC=N/C=C(\CC)c1ccnc(C(=O)Nc2cccc(-c3nncn3CC3CC3)c2)c1. The van der Waals surface area contributed by atoms with Crippen molar-refractivity contribution in [3.63, 3.8) is 0 Å². The van der Waals surface area contributed by atoms with Crippen LogP contribution in [0.4, 0.5) is 5.69 Å². The van der Waals surface area contributed by atoms with Gasteiger partial charge >= 0.3 is 0 Å². The number of amides is 1. The molecule has 4 rings (SSSR count). The monoisotopic (exact) mass is 426 g/mol. The maximum Gasteiger partial charge on any atom is 0.274 e. The van der Waals surface area contributed by atoms with Gasteiger partial charge in [-0.05, 0) is 60.6 Å². The van der Waals surface area contributed by atoms with E-state index in [4.69, 9.17) is 0 Å². The van der Waals surface area contributed by atoms with Gasteiger partial charge in [0.1, 0.15) is 12.0 Å². The molecule has 2 aromatic heterocycles. The fraction of sp³-hybridized carbons (Fsp3) is 0.240. The van der Waals surface area contributed by atoms with Gasteiger partial charge in [0.05, 0.1) is 0 Å². The Hall–Kier alpha value is -3.87. The number of carbonyl (C=O) groups excluding carboxylic acids is 1. The van der Waals surface area contributed by atoms with Crippen LogP contribution in [0.3, 0.4) is 0 Å². The highest BCUT2D eigenvalue weighted by atomic mass is 16.1. The van der Waals surface area contributed by atoms with Crippen LogP contribution in [0, 0.1) is 5.92 Å². The molecule has 0 radical (unpaired) electrons. The molecule has 7 heteroatoms. The number of rotatable bonds is 9. The largest absolute Gasteiger partial charge is 0.321 e. The number of pyridine rings is 1. The number of aliphatic imine (C=N–C) groups is 1. The lowest BCUT2D eigenvalue weighted by Crippen LogP contribution is -2.14. The summed E-state index contributed by atoms with van der Waals surface area (Å²) in [6.45, 7) is 6.60. The zero-order valence-electron chi connectivity index (χ0n) is 18.1. The fourth-order valence-corrected chi connectivity index (χ4v) is 3.44. The van der Waals surface area contributed by atoms with Gasteiger partial charge in [-0.1, -0.05) is 31.7 Å². The number of carbonyl (C=O) groups is 1. The van der Waals surface area contributed by atoms with Crippen LogP contribution in [0.2, 0.25) is 0 Å². The molecule has 1 aliphatic rings. The highest BCUT2D eigenvalue weighted by Gasteiger charge is 2.23. The molecule has 1 saturated carbocycles. The lowest BCUT2D eigenvalue weighted by molar-refractivity contribution is 0.102. The molecule has 3 aromatic rings. The minimum atomic E-state index is -0.270. The molecule has 2 heterocycles. The van der Waals surface area contributed by atoms with Crippen molar-refractivity contribution in [3.8, 4) is 11.4 Å². The van der Waals surface area contributed by atoms with E-state index < -0.39 is 0 Å². The first-order valence-corrected chi connectivity index (χ1v) is 10.8. The third-order valence-electron chi connectivity index (χ3n) is 5.31. The maximum atomic E-state index is 12.9. The second kappa shape index (κ2) is 9.96. The summed E-state index contributed by atoms with van der Waals surface area (Å²) in [5.74, 6) is 1.26. The van der Waals surface area contributed by atoms with E-state index in [2.05, 4.69) is 36.6 Å². The first-order chi connectivity index (χ1) is 15.7. The van der Waals surface area contributed by atoms with Gasteiger partial charge in [-0.15, -0.1) is 10.2 Å². The Labute approximate surface area is 187 Å². The van der Waals surface area contributed by atoms with Gasteiger partial charge < -0.3 is 9.88 Å². The van der Waals surface area contributed by atoms with Gasteiger partial charge in [0, 0.05) is 36.4 Å². The summed E-state index contributed by atoms with van der Waals surface area (Å²) in [7, 11) is 0. The van der Waals surface area contributed by atoms with Crippen molar-refractivity contribution < 1.29 is 4.79 Å². The number of aromatic nitrogens is 4. The lowest BCUT2D eigenvalue weighted by atomic mass is 10.0. The molecular formula is C25H26N6O. The third kappa shape index (κ3) is 5.24. The summed E-state index contributed by atoms with van der Waals surface area (Å²) in [4.78, 5) is 21.3. The number of nitrogens with one attached hydrogen (secondary N) is 1. The number of hydrogen-bond donors (Lipinski definition) is 1. The van der Waals surface area contributed by atoms with E-state index in [1.54, 1.807) is 37.1 Å². The van der Waals surface area contributed by atoms with Crippen LogP contribution < -0.4 is 5.32 Å². The second-order valence-corrected chi connectivity index (χ2v) is 7.76. The Kier molecular flexibility index (Phi) is 6.65. The van der Waals surface area contributed by atoms with E-state index in [0.29, 0.717) is 11.4 Å². The summed E-state index contributed by atoms with van der Waals surface area (Å²) in [5.41, 5.74) is 3.87. The molecule has 1 amide bonds. The molecule has 32 heavy (non-hydrogen) atoms. The van der Waals surface area contributed by atoms with Crippen LogP contribution >= 0.6 is 0 Å². The third-order valence-corrected chi connectivity index (χ3v) is 5.31. The van der Waals surface area contributed by atoms with E-state index in [-0.39, 0.29) is 5.91 Å². The second-order valence-electron chi connectivity index (χ2n) is 7.76. The van der Waals surface area contributed by atoms with Crippen molar-refractivity contribution in [3.05, 3.63) is 79.0 Å². The van der Waals surface area contributed by atoms with Crippen molar-refractivity contribution in [1.82, 2.24) is 19.7 Å². The molecule has 0 bridgehead atoms. The average molecular weight is 427 g/mol. The van der Waals surface area contributed by atoms with E-state index in [1.165, 1.54) is 12.8 Å². The van der Waals surface area contributed by atoms with Crippen LogP contribution in [0.1, 0.15) is 42.2 Å². The van der Waals surface area contributed by atoms with Gasteiger partial charge in [-0.2, -0.15) is 0 Å². The van der Waals surface area contributed by atoms with Gasteiger partial charge in [0.2, 0.25) is 0 Å². The minimum Gasteiger partial charge on any atom is -0.321 e. The van der Waals surface area contributed by atoms with E-state index in [1.807, 2.05) is 37.3 Å². The van der Waals surface area contributed by atoms with Gasteiger partial charge in [-0.25, -0.2) is 0 Å². The predicted octanol–water partition coefficient (Wildman–Crippen LogP) is 5.01. The smallest absolute Gasteiger partial charge is 0.274 e. The summed E-state index contributed by atoms with van der Waals surface area (Å²) >= 11 is 0. The van der Waals surface area contributed by atoms with Crippen LogP contribution in [-0.2, 0) is 6.54 Å². The molecule has 1 aliphatic carbocycles. The summed E-state index contributed by atoms with van der Waals surface area (Å²) < 4.78 is 2.08. The quantitative estimate of drug-likeness (QED) is 0.487. The number of nitrogens with zero attached hydrogens (tertiary/aromatic N) is 5. The van der Waals surface area contributed by atoms with Crippen molar-refractivity contribution in [2.24, 2.45) is 10.9 Å². The average Bonchev–Trinajstić information content (AvgIpc) is 3.51. The molecule has 1 fully saturated rings. The van der Waals surface area contributed by atoms with E-state index in [0.717, 1.165) is 41.4 Å². The number of benzene rings is 1. The Bertz CT molecular complexity index is 1170. The fourth-order valence-electron chi connectivity index (χ4n) is 3.44. The molecule has 162 valence electrons. The summed E-state index contributed by atoms with van der Waals surface area (Å²) in [6, 6.07) is 11.3. The van der Waals surface area contributed by atoms with Crippen LogP contribution in [-0.4, -0.2) is 31.9 Å². The van der Waals surface area contributed by atoms with E-state index >= 15 is 0 Å². The lowest BCUT2D eigenvalue weighted by Gasteiger charge is -2.10. The normalized spacial score (nSPS) is 14.0. The molecule has 0 saturated heterocycles. The number of hydrogen-bond acceptors (Lipinski definition) is 5. The molecule has 0 spiro atoms. The Morgan fingerprint density at radius 1 is 1.31 bits per heavy atom. The summed E-state index contributed by atoms with van der Waals surface area (Å²) in [6.07, 6.45) is 11.7. The molecule has 0 unspecified atom stereocenters. The maximum absolute atomic E-state index is 12.9. The minimum absolute atomic E-state index is 0.270. The number of anilines is 1. The Morgan fingerprint density at radius 3 is 2.97 bits per heavy atom. The molecule has 0 aliphatic heterocycles. The Morgan fingerprint density at radius 2 is 2.19 bits per heavy atom. The van der Waals surface area contributed by atoms with Crippen molar-refractivity contribution >= 4 is 23.4 Å².